The Morgan fingerprint density at radius 1 is 1.00 bits per heavy atom. The van der Waals surface area contributed by atoms with E-state index in [0.717, 1.165) is 66.7 Å². The molecule has 0 unspecified atom stereocenters. The van der Waals surface area contributed by atoms with Crippen molar-refractivity contribution in [2.45, 2.75) is 32.2 Å². The molecule has 0 spiro atoms. The number of benzene rings is 2. The van der Waals surface area contributed by atoms with Gasteiger partial charge in [0.05, 0.1) is 25.5 Å². The average molecular weight is 447 g/mol. The Bertz CT molecular complexity index is 1070. The zero-order chi connectivity index (χ0) is 23.4. The molecule has 0 amide bonds. The topological polar surface area (TPSA) is 50.7 Å². The fraction of sp³-hybridized carbons (Fsp3) is 0.407. The first-order valence-corrected chi connectivity index (χ1v) is 11.5. The highest BCUT2D eigenvalue weighted by Crippen LogP contribution is 2.43. The van der Waals surface area contributed by atoms with Crippen molar-refractivity contribution < 1.29 is 9.47 Å². The molecule has 0 bridgehead atoms. The van der Waals surface area contributed by atoms with E-state index >= 15 is 0 Å². The summed E-state index contributed by atoms with van der Waals surface area (Å²) in [5, 5.41) is 0. The Kier molecular flexibility index (Phi) is 7.14. The number of ether oxygens (including phenoxy) is 2. The van der Waals surface area contributed by atoms with Crippen molar-refractivity contribution in [3.63, 3.8) is 0 Å². The van der Waals surface area contributed by atoms with Gasteiger partial charge < -0.3 is 14.4 Å². The molecule has 174 valence electrons. The van der Waals surface area contributed by atoms with Crippen molar-refractivity contribution in [1.82, 2.24) is 14.9 Å². The molecule has 6 heteroatoms. The average Bonchev–Trinajstić information content (AvgIpc) is 2.83. The van der Waals surface area contributed by atoms with Crippen molar-refractivity contribution in [1.29, 1.82) is 0 Å². The second kappa shape index (κ2) is 10.2. The van der Waals surface area contributed by atoms with Gasteiger partial charge in [0.2, 0.25) is 5.95 Å². The SMILES string of the molecule is COc1cccc(OC)c1-c1cnc(N(C)C)nc1C1CCN(Cc2cccc(C)c2)CC1. The maximum absolute atomic E-state index is 5.70. The third kappa shape index (κ3) is 5.11. The molecule has 33 heavy (non-hydrogen) atoms. The van der Waals surface area contributed by atoms with E-state index in [4.69, 9.17) is 14.5 Å². The van der Waals surface area contributed by atoms with Crippen LogP contribution in [-0.4, -0.2) is 56.3 Å². The molecule has 2 heterocycles. The zero-order valence-corrected chi connectivity index (χ0v) is 20.3. The number of piperidine rings is 1. The zero-order valence-electron chi connectivity index (χ0n) is 20.3. The highest BCUT2D eigenvalue weighted by atomic mass is 16.5. The maximum Gasteiger partial charge on any atom is 0.225 e. The van der Waals surface area contributed by atoms with E-state index in [1.165, 1.54) is 11.1 Å². The number of aromatic nitrogens is 2. The van der Waals surface area contributed by atoms with Crippen LogP contribution in [0.1, 0.15) is 35.6 Å². The van der Waals surface area contributed by atoms with Crippen LogP contribution in [0.25, 0.3) is 11.1 Å². The van der Waals surface area contributed by atoms with Gasteiger partial charge in [-0.15, -0.1) is 0 Å². The lowest BCUT2D eigenvalue weighted by atomic mass is 9.88. The third-order valence-electron chi connectivity index (χ3n) is 6.37. The minimum Gasteiger partial charge on any atom is -0.496 e. The van der Waals surface area contributed by atoms with Crippen LogP contribution >= 0.6 is 0 Å². The minimum absolute atomic E-state index is 0.352. The molecule has 0 atom stereocenters. The van der Waals surface area contributed by atoms with Crippen molar-refractivity contribution in [3.8, 4) is 22.6 Å². The molecule has 1 aliphatic heterocycles. The summed E-state index contributed by atoms with van der Waals surface area (Å²) in [5.41, 5.74) is 5.68. The minimum atomic E-state index is 0.352. The highest BCUT2D eigenvalue weighted by Gasteiger charge is 2.27. The van der Waals surface area contributed by atoms with Gasteiger partial charge in [-0.1, -0.05) is 35.9 Å². The van der Waals surface area contributed by atoms with Crippen LogP contribution in [0.4, 0.5) is 5.95 Å². The lowest BCUT2D eigenvalue weighted by Crippen LogP contribution is -2.33. The van der Waals surface area contributed by atoms with Crippen LogP contribution < -0.4 is 14.4 Å². The summed E-state index contributed by atoms with van der Waals surface area (Å²) in [6, 6.07) is 14.7. The summed E-state index contributed by atoms with van der Waals surface area (Å²) in [7, 11) is 7.34. The number of likely N-dealkylation sites (tertiary alicyclic amines) is 1. The fourth-order valence-electron chi connectivity index (χ4n) is 4.65. The van der Waals surface area contributed by atoms with Gasteiger partial charge >= 0.3 is 0 Å². The molecule has 0 aliphatic carbocycles. The van der Waals surface area contributed by atoms with Crippen LogP contribution in [0, 0.1) is 6.92 Å². The fourth-order valence-corrected chi connectivity index (χ4v) is 4.65. The van der Waals surface area contributed by atoms with Gasteiger partial charge in [0.25, 0.3) is 0 Å². The molecule has 1 aliphatic rings. The summed E-state index contributed by atoms with van der Waals surface area (Å²) in [5.74, 6) is 2.62. The van der Waals surface area contributed by atoms with Crippen molar-refractivity contribution in [3.05, 3.63) is 65.5 Å². The molecule has 6 nitrogen and oxygen atoms in total. The van der Waals surface area contributed by atoms with E-state index in [1.807, 2.05) is 43.4 Å². The van der Waals surface area contributed by atoms with Gasteiger partial charge in [0, 0.05) is 38.3 Å². The summed E-state index contributed by atoms with van der Waals surface area (Å²) >= 11 is 0. The quantitative estimate of drug-likeness (QED) is 0.514. The van der Waals surface area contributed by atoms with E-state index in [0.29, 0.717) is 5.92 Å². The predicted molar refractivity (Wildman–Crippen MR) is 133 cm³/mol. The molecular formula is C27H34N4O2. The first-order chi connectivity index (χ1) is 16.0. The largest absolute Gasteiger partial charge is 0.496 e. The Balaban J connectivity index is 1.63. The Hall–Kier alpha value is -3.12. The molecule has 0 saturated carbocycles. The van der Waals surface area contributed by atoms with E-state index in [2.05, 4.69) is 41.1 Å². The number of aryl methyl sites for hydroxylation is 1. The Morgan fingerprint density at radius 3 is 2.27 bits per heavy atom. The normalized spacial score (nSPS) is 14.8. The predicted octanol–water partition coefficient (Wildman–Crippen LogP) is 4.91. The molecule has 2 aromatic carbocycles. The first-order valence-electron chi connectivity index (χ1n) is 11.5. The third-order valence-corrected chi connectivity index (χ3v) is 6.37. The summed E-state index contributed by atoms with van der Waals surface area (Å²) in [6.45, 7) is 5.24. The van der Waals surface area contributed by atoms with Gasteiger partial charge in [0.15, 0.2) is 0 Å². The van der Waals surface area contributed by atoms with Crippen LogP contribution in [0.5, 0.6) is 11.5 Å². The Labute approximate surface area is 197 Å². The van der Waals surface area contributed by atoms with Crippen LogP contribution in [0.2, 0.25) is 0 Å². The number of rotatable bonds is 7. The molecule has 1 fully saturated rings. The van der Waals surface area contributed by atoms with E-state index in [9.17, 15) is 0 Å². The summed E-state index contributed by atoms with van der Waals surface area (Å²) < 4.78 is 11.4. The number of hydrogen-bond acceptors (Lipinski definition) is 6. The van der Waals surface area contributed by atoms with Crippen molar-refractivity contribution in [2.75, 3.05) is 46.3 Å². The lowest BCUT2D eigenvalue weighted by molar-refractivity contribution is 0.203. The smallest absolute Gasteiger partial charge is 0.225 e. The molecule has 0 radical (unpaired) electrons. The molecule has 3 aromatic rings. The summed E-state index contributed by atoms with van der Waals surface area (Å²) in [6.07, 6.45) is 4.04. The maximum atomic E-state index is 5.70. The standard InChI is InChI=1S/C27H34N4O2/c1-19-8-6-9-20(16-19)18-31-14-12-21(13-15-31)26-22(17-28-27(29-26)30(2)3)25-23(32-4)10-7-11-24(25)33-5/h6-11,16-17,21H,12-15,18H2,1-5H3. The monoisotopic (exact) mass is 446 g/mol. The van der Waals surface area contributed by atoms with Gasteiger partial charge in [-0.05, 0) is 50.6 Å². The molecule has 4 rings (SSSR count). The van der Waals surface area contributed by atoms with Crippen LogP contribution in [-0.2, 0) is 6.54 Å². The first kappa shape index (κ1) is 23.1. The van der Waals surface area contributed by atoms with Crippen molar-refractivity contribution >= 4 is 5.95 Å². The van der Waals surface area contributed by atoms with E-state index in [-0.39, 0.29) is 0 Å². The van der Waals surface area contributed by atoms with E-state index < -0.39 is 0 Å². The number of anilines is 1. The molecule has 1 aromatic heterocycles. The van der Waals surface area contributed by atoms with Gasteiger partial charge in [-0.2, -0.15) is 0 Å². The molecule has 0 N–H and O–H groups in total. The van der Waals surface area contributed by atoms with Crippen molar-refractivity contribution in [2.24, 2.45) is 0 Å². The van der Waals surface area contributed by atoms with Crippen LogP contribution in [0.3, 0.4) is 0 Å². The molecule has 1 saturated heterocycles. The Morgan fingerprint density at radius 2 is 1.67 bits per heavy atom. The second-order valence-electron chi connectivity index (χ2n) is 8.94. The second-order valence-corrected chi connectivity index (χ2v) is 8.94. The number of hydrogen-bond donors (Lipinski definition) is 0. The number of nitrogens with zero attached hydrogens (tertiary/aromatic N) is 4. The van der Waals surface area contributed by atoms with Gasteiger partial charge in [-0.25, -0.2) is 9.97 Å². The molecular weight excluding hydrogens is 412 g/mol. The van der Waals surface area contributed by atoms with Gasteiger partial charge in [0.1, 0.15) is 11.5 Å². The van der Waals surface area contributed by atoms with E-state index in [1.54, 1.807) is 14.2 Å². The van der Waals surface area contributed by atoms with Gasteiger partial charge in [-0.3, -0.25) is 4.90 Å². The summed E-state index contributed by atoms with van der Waals surface area (Å²) in [4.78, 5) is 14.2. The lowest BCUT2D eigenvalue weighted by Gasteiger charge is -2.33. The van der Waals surface area contributed by atoms with Crippen LogP contribution in [0.15, 0.2) is 48.7 Å². The number of methoxy groups -OCH3 is 2. The highest BCUT2D eigenvalue weighted by molar-refractivity contribution is 5.78.